The van der Waals surface area contributed by atoms with Gasteiger partial charge in [0.15, 0.2) is 0 Å². The normalized spacial score (nSPS) is 31.6. The highest BCUT2D eigenvalue weighted by Gasteiger charge is 2.61. The Morgan fingerprint density at radius 1 is 1.15 bits per heavy atom. The second-order valence-electron chi connectivity index (χ2n) is 10.2. The average Bonchev–Trinajstić information content (AvgIpc) is 3.23. The summed E-state index contributed by atoms with van der Waals surface area (Å²) in [4.78, 5) is 15.1. The number of morpholine rings is 1. The molecule has 0 radical (unpaired) electrons. The zero-order chi connectivity index (χ0) is 23.4. The lowest BCUT2D eigenvalue weighted by Crippen LogP contribution is -2.62. The van der Waals surface area contributed by atoms with Crippen LogP contribution in [0.5, 0.6) is 0 Å². The summed E-state index contributed by atoms with van der Waals surface area (Å²) in [6, 6.07) is 5.32. The number of benzene rings is 1. The molecule has 3 heterocycles. The maximum atomic E-state index is 13.8. The third kappa shape index (κ3) is 4.27. The molecule has 3 saturated heterocycles. The second kappa shape index (κ2) is 8.68. The Bertz CT molecular complexity index is 986. The van der Waals surface area contributed by atoms with E-state index in [1.165, 1.54) is 12.1 Å². The van der Waals surface area contributed by atoms with Crippen molar-refractivity contribution in [2.24, 2.45) is 17.8 Å². The quantitative estimate of drug-likeness (QED) is 0.672. The van der Waals surface area contributed by atoms with Gasteiger partial charge >= 0.3 is 6.09 Å². The van der Waals surface area contributed by atoms with Gasteiger partial charge in [-0.25, -0.2) is 13.2 Å². The summed E-state index contributed by atoms with van der Waals surface area (Å²) in [5.41, 5.74) is -0.847. The molecular formula is C23H32ClN3O5S. The Morgan fingerprint density at radius 2 is 1.79 bits per heavy atom. The average molecular weight is 498 g/mol. The number of halogens is 1. The van der Waals surface area contributed by atoms with Gasteiger partial charge in [-0.05, 0) is 54.9 Å². The maximum absolute atomic E-state index is 13.8. The van der Waals surface area contributed by atoms with E-state index in [0.717, 1.165) is 13.1 Å². The van der Waals surface area contributed by atoms with E-state index in [2.05, 4.69) is 5.32 Å². The molecule has 33 heavy (non-hydrogen) atoms. The SMILES string of the molecule is CC(C)[C@@H]1COC[C@H](C2(OC(=O)N3CC4CNCC4C3)CC2)N1S(=O)(=O)c1ccc(Cl)cc1. The number of nitrogens with zero attached hydrogens (tertiary/aromatic N) is 2. The lowest BCUT2D eigenvalue weighted by Gasteiger charge is -2.45. The Kier molecular flexibility index (Phi) is 6.14. The summed E-state index contributed by atoms with van der Waals surface area (Å²) < 4.78 is 41.2. The van der Waals surface area contributed by atoms with E-state index in [0.29, 0.717) is 49.4 Å². The van der Waals surface area contributed by atoms with Crippen molar-refractivity contribution in [1.82, 2.24) is 14.5 Å². The topological polar surface area (TPSA) is 88.2 Å². The van der Waals surface area contributed by atoms with Crippen molar-refractivity contribution in [2.75, 3.05) is 39.4 Å². The van der Waals surface area contributed by atoms with Crippen LogP contribution in [-0.2, 0) is 19.5 Å². The van der Waals surface area contributed by atoms with Crippen molar-refractivity contribution in [3.05, 3.63) is 29.3 Å². The van der Waals surface area contributed by atoms with Crippen LogP contribution in [0.15, 0.2) is 29.2 Å². The molecule has 5 rings (SSSR count). The second-order valence-corrected chi connectivity index (χ2v) is 12.4. The number of carbonyl (C=O) groups is 1. The van der Waals surface area contributed by atoms with Crippen molar-refractivity contribution in [3.63, 3.8) is 0 Å². The molecule has 4 atom stereocenters. The van der Waals surface area contributed by atoms with E-state index in [9.17, 15) is 13.2 Å². The van der Waals surface area contributed by atoms with E-state index in [1.807, 2.05) is 13.8 Å². The highest BCUT2D eigenvalue weighted by molar-refractivity contribution is 7.89. The third-order valence-corrected chi connectivity index (χ3v) is 9.85. The molecule has 1 aromatic rings. The lowest BCUT2D eigenvalue weighted by molar-refractivity contribution is -0.0793. The molecule has 1 aliphatic carbocycles. The fourth-order valence-corrected chi connectivity index (χ4v) is 7.59. The molecule has 0 bridgehead atoms. The molecule has 182 valence electrons. The van der Waals surface area contributed by atoms with Crippen LogP contribution >= 0.6 is 11.6 Å². The van der Waals surface area contributed by atoms with Gasteiger partial charge in [-0.2, -0.15) is 4.31 Å². The molecule has 2 unspecified atom stereocenters. The number of fused-ring (bicyclic) bond motifs is 1. The highest BCUT2D eigenvalue weighted by atomic mass is 35.5. The summed E-state index contributed by atoms with van der Waals surface area (Å²) in [6.07, 6.45) is 0.927. The van der Waals surface area contributed by atoms with Crippen LogP contribution in [0.3, 0.4) is 0 Å². The smallest absolute Gasteiger partial charge is 0.410 e. The Labute approximate surface area is 200 Å². The number of rotatable bonds is 5. The minimum absolute atomic E-state index is 0.0341. The maximum Gasteiger partial charge on any atom is 0.410 e. The first-order valence-corrected chi connectivity index (χ1v) is 13.6. The Hall–Kier alpha value is -1.39. The predicted octanol–water partition coefficient (Wildman–Crippen LogP) is 2.57. The van der Waals surface area contributed by atoms with Gasteiger partial charge in [0.1, 0.15) is 5.60 Å². The summed E-state index contributed by atoms with van der Waals surface area (Å²) >= 11 is 6.00. The highest BCUT2D eigenvalue weighted by Crippen LogP contribution is 2.49. The predicted molar refractivity (Wildman–Crippen MR) is 124 cm³/mol. The van der Waals surface area contributed by atoms with Crippen LogP contribution in [0.1, 0.15) is 26.7 Å². The molecule has 4 fully saturated rings. The molecular weight excluding hydrogens is 466 g/mol. The fraction of sp³-hybridized carbons (Fsp3) is 0.696. The van der Waals surface area contributed by atoms with Gasteiger partial charge in [-0.15, -0.1) is 0 Å². The number of hydrogen-bond acceptors (Lipinski definition) is 6. The van der Waals surface area contributed by atoms with Gasteiger partial charge in [0.2, 0.25) is 10.0 Å². The van der Waals surface area contributed by atoms with Crippen LogP contribution in [0, 0.1) is 17.8 Å². The van der Waals surface area contributed by atoms with Crippen molar-refractivity contribution in [3.8, 4) is 0 Å². The number of carbonyl (C=O) groups excluding carboxylic acids is 1. The van der Waals surface area contributed by atoms with Crippen molar-refractivity contribution >= 4 is 27.7 Å². The fourth-order valence-electron chi connectivity index (χ4n) is 5.49. The molecule has 1 saturated carbocycles. The largest absolute Gasteiger partial charge is 0.441 e. The molecule has 0 spiro atoms. The monoisotopic (exact) mass is 497 g/mol. The lowest BCUT2D eigenvalue weighted by atomic mass is 9.99. The van der Waals surface area contributed by atoms with Crippen LogP contribution in [0.25, 0.3) is 0 Å². The summed E-state index contributed by atoms with van der Waals surface area (Å²) in [7, 11) is -3.85. The molecule has 1 amide bonds. The number of nitrogens with one attached hydrogen (secondary N) is 1. The minimum Gasteiger partial charge on any atom is -0.441 e. The van der Waals surface area contributed by atoms with Gasteiger partial charge in [0.05, 0.1) is 30.2 Å². The first kappa shape index (κ1) is 23.4. The molecule has 10 heteroatoms. The van der Waals surface area contributed by atoms with Gasteiger partial charge in [0.25, 0.3) is 0 Å². The molecule has 0 aromatic heterocycles. The first-order chi connectivity index (χ1) is 15.7. The summed E-state index contributed by atoms with van der Waals surface area (Å²) in [6.45, 7) is 7.74. The summed E-state index contributed by atoms with van der Waals surface area (Å²) in [5.74, 6) is 0.975. The first-order valence-electron chi connectivity index (χ1n) is 11.8. The standard InChI is InChI=1S/C23H32ClN3O5S/c1-15(2)20-13-31-14-21(27(20)33(29,30)19-5-3-18(24)4-6-19)23(7-8-23)32-22(28)26-11-16-9-25-10-17(16)12-26/h3-6,15-17,20-21,25H,7-14H2,1-2H3/t16?,17?,20-,21+/m0/s1. The molecule has 3 aliphatic heterocycles. The van der Waals surface area contributed by atoms with E-state index in [4.69, 9.17) is 21.1 Å². The third-order valence-electron chi connectivity index (χ3n) is 7.65. The van der Waals surface area contributed by atoms with Crippen molar-refractivity contribution < 1.29 is 22.7 Å². The van der Waals surface area contributed by atoms with Gasteiger partial charge in [-0.1, -0.05) is 25.4 Å². The zero-order valence-corrected chi connectivity index (χ0v) is 20.6. The van der Waals surface area contributed by atoms with Gasteiger partial charge in [-0.3, -0.25) is 0 Å². The van der Waals surface area contributed by atoms with Crippen molar-refractivity contribution in [2.45, 2.75) is 49.3 Å². The molecule has 4 aliphatic rings. The van der Waals surface area contributed by atoms with E-state index in [-0.39, 0.29) is 29.6 Å². The molecule has 1 aromatic carbocycles. The van der Waals surface area contributed by atoms with Gasteiger partial charge in [0, 0.05) is 31.2 Å². The van der Waals surface area contributed by atoms with E-state index in [1.54, 1.807) is 21.3 Å². The van der Waals surface area contributed by atoms with E-state index >= 15 is 0 Å². The number of amides is 1. The molecule has 1 N–H and O–H groups in total. The van der Waals surface area contributed by atoms with Crippen LogP contribution in [0.2, 0.25) is 5.02 Å². The Balaban J connectivity index is 1.41. The van der Waals surface area contributed by atoms with Crippen LogP contribution in [-0.4, -0.2) is 80.8 Å². The number of hydrogen-bond donors (Lipinski definition) is 1. The number of likely N-dealkylation sites (tertiary alicyclic amines) is 1. The number of sulfonamides is 1. The van der Waals surface area contributed by atoms with Crippen molar-refractivity contribution in [1.29, 1.82) is 0 Å². The van der Waals surface area contributed by atoms with E-state index < -0.39 is 21.7 Å². The Morgan fingerprint density at radius 3 is 2.36 bits per heavy atom. The minimum atomic E-state index is -3.85. The molecule has 8 nitrogen and oxygen atoms in total. The summed E-state index contributed by atoms with van der Waals surface area (Å²) in [5, 5.41) is 3.85. The van der Waals surface area contributed by atoms with Gasteiger partial charge < -0.3 is 19.7 Å². The number of ether oxygens (including phenoxy) is 2. The zero-order valence-electron chi connectivity index (χ0n) is 19.1. The van der Waals surface area contributed by atoms with Crippen LogP contribution < -0.4 is 5.32 Å². The van der Waals surface area contributed by atoms with Crippen LogP contribution in [0.4, 0.5) is 4.79 Å².